The van der Waals surface area contributed by atoms with E-state index in [1.807, 2.05) is 0 Å². The Morgan fingerprint density at radius 1 is 0.420 bits per heavy atom. The Morgan fingerprint density at radius 2 is 0.720 bits per heavy atom. The zero-order chi connectivity index (χ0) is 35.0. The number of unbranched alkanes of at least 4 members (excludes halogenated alkanes) is 18. The van der Waals surface area contributed by atoms with Crippen LogP contribution in [0.3, 0.4) is 0 Å². The van der Waals surface area contributed by atoms with E-state index >= 15 is 0 Å². The fourth-order valence-corrected chi connectivity index (χ4v) is 8.03. The molecule has 4 nitrogen and oxygen atoms in total. The number of hydrogen-bond acceptors (Lipinski definition) is 4. The number of nitrogens with zero attached hydrogens (tertiary/aromatic N) is 2. The van der Waals surface area contributed by atoms with E-state index in [-0.39, 0.29) is 0 Å². The summed E-state index contributed by atoms with van der Waals surface area (Å²) in [5.41, 5.74) is 7.46. The van der Waals surface area contributed by atoms with Gasteiger partial charge in [-0.05, 0) is 92.9 Å². The summed E-state index contributed by atoms with van der Waals surface area (Å²) in [5, 5.41) is 0. The van der Waals surface area contributed by atoms with Crippen molar-refractivity contribution in [2.75, 3.05) is 0 Å². The molecule has 0 fully saturated rings. The summed E-state index contributed by atoms with van der Waals surface area (Å²) in [5.74, 6) is 1.19. The van der Waals surface area contributed by atoms with Gasteiger partial charge >= 0.3 is 0 Å². The molecule has 5 aromatic rings. The molecular weight excluding hydrogens is 748 g/mol. The van der Waals surface area contributed by atoms with Gasteiger partial charge in [0.15, 0.2) is 11.2 Å². The van der Waals surface area contributed by atoms with E-state index in [1.54, 1.807) is 0 Å². The van der Waals surface area contributed by atoms with Crippen LogP contribution in [0.1, 0.15) is 153 Å². The van der Waals surface area contributed by atoms with Gasteiger partial charge in [-0.1, -0.05) is 154 Å². The van der Waals surface area contributed by atoms with Crippen LogP contribution < -0.4 is 0 Å². The number of benzene rings is 3. The van der Waals surface area contributed by atoms with Crippen LogP contribution >= 0.6 is 31.9 Å². The van der Waals surface area contributed by atoms with Crippen molar-refractivity contribution >= 4 is 54.1 Å². The molecule has 0 amide bonds. The van der Waals surface area contributed by atoms with Gasteiger partial charge in [0, 0.05) is 11.1 Å². The first-order valence-corrected chi connectivity index (χ1v) is 21.4. The first-order valence-electron chi connectivity index (χ1n) is 19.9. The van der Waals surface area contributed by atoms with Gasteiger partial charge in [-0.25, -0.2) is 9.97 Å². The molecule has 270 valence electrons. The Hall–Kier alpha value is -2.44. The van der Waals surface area contributed by atoms with E-state index in [0.29, 0.717) is 22.9 Å². The Balaban J connectivity index is 1.11. The standard InChI is InChI=1S/C44H58Br2N2O2/c1-3-5-7-9-11-13-15-17-19-21-23-33-25-29-35(30-26-33)43-47-39-37(45)42-40(38(46)41(39)49-43)48-44(50-42)36-31-27-34(28-32-36)24-22-20-18-16-14-12-10-8-6-4-2/h25-32H,3-24H2,1-2H3. The zero-order valence-electron chi connectivity index (χ0n) is 30.6. The fraction of sp³-hybridized carbons (Fsp3) is 0.545. The van der Waals surface area contributed by atoms with E-state index in [0.717, 1.165) is 43.9 Å². The largest absolute Gasteiger partial charge is 0.435 e. The van der Waals surface area contributed by atoms with Crippen LogP contribution in [0.4, 0.5) is 0 Å². The summed E-state index contributed by atoms with van der Waals surface area (Å²) in [6.07, 6.45) is 29.5. The van der Waals surface area contributed by atoms with Gasteiger partial charge in [-0.3, -0.25) is 0 Å². The lowest BCUT2D eigenvalue weighted by Gasteiger charge is -2.04. The van der Waals surface area contributed by atoms with Crippen molar-refractivity contribution in [3.05, 3.63) is 68.6 Å². The Bertz CT molecular complexity index is 1520. The van der Waals surface area contributed by atoms with Crippen LogP contribution in [0.15, 0.2) is 66.3 Å². The summed E-state index contributed by atoms with van der Waals surface area (Å²) < 4.78 is 14.2. The SMILES string of the molecule is CCCCCCCCCCCCc1ccc(-c2nc3c(Br)c4oc(-c5ccc(CCCCCCCCCCCC)cc5)nc4c(Br)c3o2)cc1. The lowest BCUT2D eigenvalue weighted by atomic mass is 10.0. The third-order valence-electron chi connectivity index (χ3n) is 10.1. The Labute approximate surface area is 317 Å². The molecule has 0 radical (unpaired) electrons. The van der Waals surface area contributed by atoms with Gasteiger partial charge in [0.1, 0.15) is 11.0 Å². The molecule has 6 heteroatoms. The Morgan fingerprint density at radius 3 is 1.04 bits per heavy atom. The van der Waals surface area contributed by atoms with Gasteiger partial charge in [0.05, 0.1) is 8.95 Å². The quantitative estimate of drug-likeness (QED) is 0.0583. The first kappa shape index (κ1) is 38.8. The molecule has 3 aromatic carbocycles. The van der Waals surface area contributed by atoms with E-state index in [1.165, 1.54) is 140 Å². The van der Waals surface area contributed by atoms with Gasteiger partial charge in [-0.2, -0.15) is 0 Å². The van der Waals surface area contributed by atoms with Crippen molar-refractivity contribution in [3.63, 3.8) is 0 Å². The molecule has 0 saturated carbocycles. The van der Waals surface area contributed by atoms with Crippen molar-refractivity contribution in [2.24, 2.45) is 0 Å². The van der Waals surface area contributed by atoms with E-state index in [2.05, 4.69) is 94.2 Å². The number of fused-ring (bicyclic) bond motifs is 2. The molecule has 0 aliphatic rings. The Kier molecular flexibility index (Phi) is 16.4. The van der Waals surface area contributed by atoms with Crippen LogP contribution in [0.2, 0.25) is 0 Å². The summed E-state index contributed by atoms with van der Waals surface area (Å²) >= 11 is 7.53. The van der Waals surface area contributed by atoms with Crippen molar-refractivity contribution < 1.29 is 8.83 Å². The predicted molar refractivity (Wildman–Crippen MR) is 219 cm³/mol. The van der Waals surface area contributed by atoms with Crippen molar-refractivity contribution in [1.82, 2.24) is 9.97 Å². The monoisotopic (exact) mass is 804 g/mol. The minimum atomic E-state index is 0.595. The van der Waals surface area contributed by atoms with Gasteiger partial charge in [0.25, 0.3) is 0 Å². The van der Waals surface area contributed by atoms with Crippen LogP contribution in [-0.4, -0.2) is 9.97 Å². The van der Waals surface area contributed by atoms with E-state index in [9.17, 15) is 0 Å². The molecule has 50 heavy (non-hydrogen) atoms. The second-order valence-electron chi connectivity index (χ2n) is 14.3. The van der Waals surface area contributed by atoms with Gasteiger partial charge in [0.2, 0.25) is 11.8 Å². The molecular formula is C44H58Br2N2O2. The molecule has 0 aliphatic carbocycles. The molecule has 2 aromatic heterocycles. The molecule has 5 rings (SSSR count). The van der Waals surface area contributed by atoms with Crippen LogP contribution in [0.25, 0.3) is 45.1 Å². The maximum atomic E-state index is 6.33. The zero-order valence-corrected chi connectivity index (χ0v) is 33.8. The molecule has 2 heterocycles. The first-order chi connectivity index (χ1) is 24.6. The van der Waals surface area contributed by atoms with Crippen LogP contribution in [-0.2, 0) is 12.8 Å². The third-order valence-corrected chi connectivity index (χ3v) is 11.6. The summed E-state index contributed by atoms with van der Waals surface area (Å²) in [4.78, 5) is 9.76. The smallest absolute Gasteiger partial charge is 0.227 e. The second-order valence-corrected chi connectivity index (χ2v) is 15.9. The van der Waals surface area contributed by atoms with Crippen LogP contribution in [0, 0.1) is 0 Å². The number of halogens is 2. The highest BCUT2D eigenvalue weighted by molar-refractivity contribution is 9.11. The highest BCUT2D eigenvalue weighted by atomic mass is 79.9. The number of oxazole rings is 2. The number of aryl methyl sites for hydroxylation is 2. The van der Waals surface area contributed by atoms with Crippen molar-refractivity contribution in [3.8, 4) is 22.9 Å². The summed E-state index contributed by atoms with van der Waals surface area (Å²) in [6, 6.07) is 17.3. The lowest BCUT2D eigenvalue weighted by Crippen LogP contribution is -1.87. The summed E-state index contributed by atoms with van der Waals surface area (Å²) in [6.45, 7) is 4.57. The third kappa shape index (κ3) is 11.3. The topological polar surface area (TPSA) is 52.1 Å². The molecule has 0 spiro atoms. The van der Waals surface area contributed by atoms with Gasteiger partial charge < -0.3 is 8.83 Å². The number of aromatic nitrogens is 2. The van der Waals surface area contributed by atoms with Crippen molar-refractivity contribution in [1.29, 1.82) is 0 Å². The number of rotatable bonds is 24. The normalized spacial score (nSPS) is 11.8. The molecule has 0 unspecified atom stereocenters. The fourth-order valence-electron chi connectivity index (χ4n) is 6.96. The maximum absolute atomic E-state index is 6.33. The van der Waals surface area contributed by atoms with E-state index in [4.69, 9.17) is 18.8 Å². The highest BCUT2D eigenvalue weighted by Gasteiger charge is 2.23. The molecule has 0 N–H and O–H groups in total. The lowest BCUT2D eigenvalue weighted by molar-refractivity contribution is 0.556. The van der Waals surface area contributed by atoms with Gasteiger partial charge in [-0.15, -0.1) is 0 Å². The number of hydrogen-bond donors (Lipinski definition) is 0. The highest BCUT2D eigenvalue weighted by Crippen LogP contribution is 2.42. The molecule has 0 atom stereocenters. The van der Waals surface area contributed by atoms with Crippen molar-refractivity contribution in [2.45, 2.75) is 155 Å². The average Bonchev–Trinajstić information content (AvgIpc) is 3.80. The molecule has 0 saturated heterocycles. The minimum Gasteiger partial charge on any atom is -0.435 e. The minimum absolute atomic E-state index is 0.595. The maximum Gasteiger partial charge on any atom is 0.227 e. The summed E-state index contributed by atoms with van der Waals surface area (Å²) in [7, 11) is 0. The second kappa shape index (κ2) is 21.2. The molecule has 0 bridgehead atoms. The molecule has 0 aliphatic heterocycles. The predicted octanol–water partition coefficient (Wildman–Crippen LogP) is 15.8. The van der Waals surface area contributed by atoms with Crippen LogP contribution in [0.5, 0.6) is 0 Å². The average molecular weight is 807 g/mol. The van der Waals surface area contributed by atoms with E-state index < -0.39 is 0 Å².